The Kier molecular flexibility index (Phi) is 5.04. The molecule has 0 unspecified atom stereocenters. The van der Waals surface area contributed by atoms with Gasteiger partial charge in [-0.05, 0) is 44.9 Å². The topological polar surface area (TPSA) is 40.6 Å². The van der Waals surface area contributed by atoms with Crippen LogP contribution in [0.1, 0.15) is 64.7 Å². The fourth-order valence-electron chi connectivity index (χ4n) is 4.09. The van der Waals surface area contributed by atoms with Crippen molar-refractivity contribution < 1.29 is 9.59 Å². The van der Waals surface area contributed by atoms with Crippen molar-refractivity contribution in [3.8, 4) is 0 Å². The van der Waals surface area contributed by atoms with Crippen LogP contribution in [0.3, 0.4) is 0 Å². The van der Waals surface area contributed by atoms with Crippen molar-refractivity contribution in [1.29, 1.82) is 0 Å². The summed E-state index contributed by atoms with van der Waals surface area (Å²) in [5.74, 6) is 0.946. The Bertz CT molecular complexity index is 419. The highest BCUT2D eigenvalue weighted by atomic mass is 16.2. The van der Waals surface area contributed by atoms with Gasteiger partial charge in [-0.2, -0.15) is 0 Å². The van der Waals surface area contributed by atoms with Gasteiger partial charge in [0.1, 0.15) is 0 Å². The Morgan fingerprint density at radius 1 is 0.864 bits per heavy atom. The predicted octanol–water partition coefficient (Wildman–Crippen LogP) is 2.82. The summed E-state index contributed by atoms with van der Waals surface area (Å²) >= 11 is 0. The highest BCUT2D eigenvalue weighted by Crippen LogP contribution is 2.33. The molecule has 0 N–H and O–H groups in total. The summed E-state index contributed by atoms with van der Waals surface area (Å²) in [5, 5.41) is 0. The smallest absolute Gasteiger partial charge is 0.227 e. The second-order valence-electron chi connectivity index (χ2n) is 7.34. The quantitative estimate of drug-likeness (QED) is 0.804. The largest absolute Gasteiger partial charge is 0.342 e. The number of likely N-dealkylation sites (tertiary alicyclic amines) is 2. The molecular weight excluding hydrogens is 276 g/mol. The molecule has 2 amide bonds. The fraction of sp³-hybridized carbons (Fsp3) is 0.889. The van der Waals surface area contributed by atoms with Crippen LogP contribution in [0.5, 0.6) is 0 Å². The van der Waals surface area contributed by atoms with E-state index in [1.54, 1.807) is 0 Å². The maximum Gasteiger partial charge on any atom is 0.227 e. The zero-order valence-electron chi connectivity index (χ0n) is 13.9. The molecule has 3 rings (SSSR count). The third kappa shape index (κ3) is 3.47. The van der Waals surface area contributed by atoms with Crippen LogP contribution in [0, 0.1) is 11.8 Å². The minimum atomic E-state index is 0.0450. The van der Waals surface area contributed by atoms with Crippen LogP contribution < -0.4 is 0 Å². The molecule has 0 aromatic rings. The number of nitrogens with zero attached hydrogens (tertiary/aromatic N) is 2. The monoisotopic (exact) mass is 306 g/mol. The molecule has 0 spiro atoms. The molecule has 0 bridgehead atoms. The molecule has 4 nitrogen and oxygen atoms in total. The Morgan fingerprint density at radius 3 is 2.41 bits per heavy atom. The van der Waals surface area contributed by atoms with Gasteiger partial charge in [-0.3, -0.25) is 9.59 Å². The summed E-state index contributed by atoms with van der Waals surface area (Å²) in [7, 11) is 0. The van der Waals surface area contributed by atoms with Gasteiger partial charge >= 0.3 is 0 Å². The first-order valence-corrected chi connectivity index (χ1v) is 9.30. The number of piperidine rings is 1. The van der Waals surface area contributed by atoms with Crippen LogP contribution in [0.25, 0.3) is 0 Å². The lowest BCUT2D eigenvalue weighted by Crippen LogP contribution is -2.49. The van der Waals surface area contributed by atoms with Gasteiger partial charge in [0.05, 0.1) is 5.92 Å². The van der Waals surface area contributed by atoms with Gasteiger partial charge in [-0.15, -0.1) is 0 Å². The summed E-state index contributed by atoms with van der Waals surface area (Å²) < 4.78 is 0. The normalized spacial score (nSPS) is 30.0. The van der Waals surface area contributed by atoms with E-state index in [0.29, 0.717) is 24.4 Å². The predicted molar refractivity (Wildman–Crippen MR) is 86.3 cm³/mol. The molecule has 3 fully saturated rings. The van der Waals surface area contributed by atoms with Crippen molar-refractivity contribution in [3.63, 3.8) is 0 Å². The number of rotatable bonds is 3. The Labute approximate surface area is 134 Å². The Hall–Kier alpha value is -1.06. The molecule has 1 aliphatic carbocycles. The minimum Gasteiger partial charge on any atom is -0.342 e. The Morgan fingerprint density at radius 2 is 1.68 bits per heavy atom. The molecule has 3 aliphatic rings. The molecule has 22 heavy (non-hydrogen) atoms. The standard InChI is InChI=1S/C18H30N2O2/c1-2-16-8-4-3-5-12-20(16)18(22)15-7-6-11-19(13-15)17(21)14-9-10-14/h14-16H,2-13H2,1H3/t15-,16-/m0/s1. The van der Waals surface area contributed by atoms with Crippen molar-refractivity contribution >= 4 is 11.8 Å². The number of hydrogen-bond donors (Lipinski definition) is 0. The summed E-state index contributed by atoms with van der Waals surface area (Å²) in [5.41, 5.74) is 0. The molecule has 1 saturated carbocycles. The van der Waals surface area contributed by atoms with Crippen LogP contribution in [-0.2, 0) is 9.59 Å². The lowest BCUT2D eigenvalue weighted by Gasteiger charge is -2.37. The average Bonchev–Trinajstić information content (AvgIpc) is 3.39. The van der Waals surface area contributed by atoms with Gasteiger partial charge in [-0.1, -0.05) is 19.8 Å². The van der Waals surface area contributed by atoms with E-state index in [1.807, 2.05) is 4.90 Å². The van der Waals surface area contributed by atoms with E-state index in [-0.39, 0.29) is 11.8 Å². The molecule has 2 aliphatic heterocycles. The average molecular weight is 306 g/mol. The zero-order chi connectivity index (χ0) is 15.5. The molecule has 2 atom stereocenters. The molecule has 2 heterocycles. The summed E-state index contributed by atoms with van der Waals surface area (Å²) in [6, 6.07) is 0.421. The van der Waals surface area contributed by atoms with E-state index in [9.17, 15) is 9.59 Å². The third-order valence-electron chi connectivity index (χ3n) is 5.64. The van der Waals surface area contributed by atoms with Crippen LogP contribution in [0.2, 0.25) is 0 Å². The van der Waals surface area contributed by atoms with E-state index in [4.69, 9.17) is 0 Å². The minimum absolute atomic E-state index is 0.0450. The highest BCUT2D eigenvalue weighted by molar-refractivity contribution is 5.83. The first-order chi connectivity index (χ1) is 10.7. The van der Waals surface area contributed by atoms with E-state index < -0.39 is 0 Å². The van der Waals surface area contributed by atoms with Crippen LogP contribution >= 0.6 is 0 Å². The SMILES string of the molecule is CC[C@H]1CCCCCN1C(=O)[C@H]1CCCN(C(=O)C2CC2)C1. The first kappa shape index (κ1) is 15.8. The van der Waals surface area contributed by atoms with Crippen molar-refractivity contribution in [2.24, 2.45) is 11.8 Å². The van der Waals surface area contributed by atoms with Gasteiger partial charge < -0.3 is 9.80 Å². The third-order valence-corrected chi connectivity index (χ3v) is 5.64. The molecule has 124 valence electrons. The number of amides is 2. The maximum atomic E-state index is 13.0. The van der Waals surface area contributed by atoms with Crippen LogP contribution in [0.15, 0.2) is 0 Å². The van der Waals surface area contributed by atoms with E-state index in [2.05, 4.69) is 11.8 Å². The van der Waals surface area contributed by atoms with Gasteiger partial charge in [0.25, 0.3) is 0 Å². The van der Waals surface area contributed by atoms with Crippen LogP contribution in [0.4, 0.5) is 0 Å². The lowest BCUT2D eigenvalue weighted by atomic mass is 9.95. The second-order valence-corrected chi connectivity index (χ2v) is 7.34. The summed E-state index contributed by atoms with van der Waals surface area (Å²) in [4.78, 5) is 29.4. The molecule has 4 heteroatoms. The van der Waals surface area contributed by atoms with Crippen molar-refractivity contribution in [3.05, 3.63) is 0 Å². The molecule has 2 saturated heterocycles. The van der Waals surface area contributed by atoms with Gasteiger partial charge in [0, 0.05) is 31.6 Å². The molecule has 0 aromatic heterocycles. The van der Waals surface area contributed by atoms with Crippen LogP contribution in [-0.4, -0.2) is 47.3 Å². The second kappa shape index (κ2) is 7.01. The van der Waals surface area contributed by atoms with E-state index in [1.165, 1.54) is 12.8 Å². The number of hydrogen-bond acceptors (Lipinski definition) is 2. The van der Waals surface area contributed by atoms with Crippen molar-refractivity contribution in [2.75, 3.05) is 19.6 Å². The van der Waals surface area contributed by atoms with E-state index in [0.717, 1.165) is 58.0 Å². The number of carbonyl (C=O) groups is 2. The highest BCUT2D eigenvalue weighted by Gasteiger charge is 2.38. The van der Waals surface area contributed by atoms with Crippen molar-refractivity contribution in [1.82, 2.24) is 9.80 Å². The number of carbonyl (C=O) groups excluding carboxylic acids is 2. The van der Waals surface area contributed by atoms with Gasteiger partial charge in [0.15, 0.2) is 0 Å². The lowest BCUT2D eigenvalue weighted by molar-refractivity contribution is -0.143. The Balaban J connectivity index is 1.63. The van der Waals surface area contributed by atoms with Gasteiger partial charge in [-0.25, -0.2) is 0 Å². The first-order valence-electron chi connectivity index (χ1n) is 9.30. The van der Waals surface area contributed by atoms with Crippen molar-refractivity contribution in [2.45, 2.75) is 70.8 Å². The molecule has 0 aromatic carbocycles. The molecular formula is C18H30N2O2. The van der Waals surface area contributed by atoms with Gasteiger partial charge in [0.2, 0.25) is 11.8 Å². The fourth-order valence-corrected chi connectivity index (χ4v) is 4.09. The summed E-state index contributed by atoms with van der Waals surface area (Å²) in [6.45, 7) is 4.64. The molecule has 0 radical (unpaired) electrons. The zero-order valence-corrected chi connectivity index (χ0v) is 13.9. The van der Waals surface area contributed by atoms with E-state index >= 15 is 0 Å². The maximum absolute atomic E-state index is 13.0. The summed E-state index contributed by atoms with van der Waals surface area (Å²) in [6.07, 6.45) is 9.90.